The average Bonchev–Trinajstić information content (AvgIpc) is 2.79. The first-order valence-corrected chi connectivity index (χ1v) is 7.81. The summed E-state index contributed by atoms with van der Waals surface area (Å²) < 4.78 is 28.3. The zero-order valence-electron chi connectivity index (χ0n) is 12.8. The molecule has 5 heteroatoms. The average molecular weight is 305 g/mol. The summed E-state index contributed by atoms with van der Waals surface area (Å²) in [6.45, 7) is 1.58. The van der Waals surface area contributed by atoms with Crippen molar-refractivity contribution in [1.29, 1.82) is 0 Å². The van der Waals surface area contributed by atoms with E-state index in [2.05, 4.69) is 10.00 Å². The molecule has 2 aromatic rings. The van der Waals surface area contributed by atoms with E-state index in [0.29, 0.717) is 6.54 Å². The van der Waals surface area contributed by atoms with Gasteiger partial charge in [-0.25, -0.2) is 8.78 Å². The fraction of sp³-hybridized carbons (Fsp3) is 0.471. The highest BCUT2D eigenvalue weighted by Gasteiger charge is 2.24. The van der Waals surface area contributed by atoms with Gasteiger partial charge in [0.2, 0.25) is 0 Å². The fourth-order valence-corrected chi connectivity index (χ4v) is 3.18. The molecular formula is C17H21F2N3. The molecule has 0 saturated carbocycles. The quantitative estimate of drug-likeness (QED) is 0.859. The van der Waals surface area contributed by atoms with Crippen LogP contribution in [0.25, 0.3) is 0 Å². The van der Waals surface area contributed by atoms with Crippen molar-refractivity contribution in [1.82, 2.24) is 14.7 Å². The van der Waals surface area contributed by atoms with Crippen molar-refractivity contribution in [3.8, 4) is 0 Å². The molecule has 0 bridgehead atoms. The second-order valence-corrected chi connectivity index (χ2v) is 6.00. The summed E-state index contributed by atoms with van der Waals surface area (Å²) in [5.41, 5.74) is 1.87. The monoisotopic (exact) mass is 305 g/mol. The van der Waals surface area contributed by atoms with Crippen LogP contribution in [-0.2, 0) is 13.6 Å². The van der Waals surface area contributed by atoms with Crippen LogP contribution in [0.4, 0.5) is 8.78 Å². The van der Waals surface area contributed by atoms with Crippen LogP contribution in [0.15, 0.2) is 30.5 Å². The van der Waals surface area contributed by atoms with Crippen LogP contribution in [0.2, 0.25) is 0 Å². The van der Waals surface area contributed by atoms with E-state index in [0.717, 1.165) is 30.6 Å². The van der Waals surface area contributed by atoms with Crippen molar-refractivity contribution in [2.45, 2.75) is 38.3 Å². The SMILES string of the molecule is Cn1ccc([C@@H]2CCCCCN2Cc2ccc(F)c(F)c2)n1. The minimum atomic E-state index is -0.791. The standard InChI is InChI=1S/C17H21F2N3/c1-21-10-8-16(20-21)17-5-3-2-4-9-22(17)12-13-6-7-14(18)15(19)11-13/h6-8,10-11,17H,2-5,9,12H2,1H3/t17-/m0/s1. The predicted octanol–water partition coefficient (Wildman–Crippen LogP) is 3.82. The summed E-state index contributed by atoms with van der Waals surface area (Å²) in [6.07, 6.45) is 6.52. The van der Waals surface area contributed by atoms with E-state index >= 15 is 0 Å². The highest BCUT2D eigenvalue weighted by Crippen LogP contribution is 2.30. The molecule has 0 N–H and O–H groups in total. The Hall–Kier alpha value is -1.75. The number of aryl methyl sites for hydroxylation is 1. The third-order valence-corrected chi connectivity index (χ3v) is 4.31. The Morgan fingerprint density at radius 3 is 2.73 bits per heavy atom. The van der Waals surface area contributed by atoms with Gasteiger partial charge in [-0.05, 0) is 43.1 Å². The highest BCUT2D eigenvalue weighted by atomic mass is 19.2. The normalized spacial score (nSPS) is 20.0. The van der Waals surface area contributed by atoms with Crippen LogP contribution >= 0.6 is 0 Å². The van der Waals surface area contributed by atoms with Gasteiger partial charge in [0.1, 0.15) is 0 Å². The molecule has 1 aliphatic rings. The molecule has 0 radical (unpaired) electrons. The van der Waals surface area contributed by atoms with Crippen LogP contribution in [0.5, 0.6) is 0 Å². The zero-order valence-corrected chi connectivity index (χ0v) is 12.8. The van der Waals surface area contributed by atoms with E-state index < -0.39 is 11.6 Å². The van der Waals surface area contributed by atoms with Gasteiger partial charge in [0.15, 0.2) is 11.6 Å². The molecule has 1 aromatic heterocycles. The summed E-state index contributed by atoms with van der Waals surface area (Å²) in [6, 6.07) is 6.47. The number of hydrogen-bond donors (Lipinski definition) is 0. The van der Waals surface area contributed by atoms with Crippen LogP contribution in [0.3, 0.4) is 0 Å². The van der Waals surface area contributed by atoms with Crippen molar-refractivity contribution < 1.29 is 8.78 Å². The van der Waals surface area contributed by atoms with Crippen molar-refractivity contribution in [2.24, 2.45) is 7.05 Å². The third-order valence-electron chi connectivity index (χ3n) is 4.31. The lowest BCUT2D eigenvalue weighted by Gasteiger charge is -2.28. The minimum Gasteiger partial charge on any atom is -0.290 e. The Morgan fingerprint density at radius 1 is 1.14 bits per heavy atom. The first kappa shape index (κ1) is 15.2. The number of halogens is 2. The Morgan fingerprint density at radius 2 is 2.00 bits per heavy atom. The summed E-state index contributed by atoms with van der Waals surface area (Å²) in [5.74, 6) is -1.57. The van der Waals surface area contributed by atoms with Gasteiger partial charge in [0, 0.05) is 19.8 Å². The van der Waals surface area contributed by atoms with E-state index in [4.69, 9.17) is 0 Å². The van der Waals surface area contributed by atoms with E-state index in [1.54, 1.807) is 6.07 Å². The second kappa shape index (κ2) is 6.57. The van der Waals surface area contributed by atoms with E-state index in [9.17, 15) is 8.78 Å². The molecule has 1 atom stereocenters. The first-order chi connectivity index (χ1) is 10.6. The van der Waals surface area contributed by atoms with Crippen molar-refractivity contribution in [3.05, 3.63) is 53.4 Å². The number of hydrogen-bond acceptors (Lipinski definition) is 2. The maximum absolute atomic E-state index is 13.4. The van der Waals surface area contributed by atoms with Gasteiger partial charge in [0.05, 0.1) is 11.7 Å². The van der Waals surface area contributed by atoms with Gasteiger partial charge in [0.25, 0.3) is 0 Å². The molecule has 3 nitrogen and oxygen atoms in total. The molecule has 1 fully saturated rings. The molecule has 0 spiro atoms. The van der Waals surface area contributed by atoms with Gasteiger partial charge in [-0.1, -0.05) is 18.9 Å². The van der Waals surface area contributed by atoms with E-state index in [1.807, 2.05) is 24.0 Å². The lowest BCUT2D eigenvalue weighted by molar-refractivity contribution is 0.187. The van der Waals surface area contributed by atoms with E-state index in [-0.39, 0.29) is 6.04 Å². The number of benzene rings is 1. The highest BCUT2D eigenvalue weighted by molar-refractivity contribution is 5.18. The van der Waals surface area contributed by atoms with Gasteiger partial charge in [-0.15, -0.1) is 0 Å². The molecule has 1 aliphatic heterocycles. The third kappa shape index (κ3) is 3.35. The van der Waals surface area contributed by atoms with Gasteiger partial charge in [-0.3, -0.25) is 9.58 Å². The molecular weight excluding hydrogens is 284 g/mol. The summed E-state index contributed by atoms with van der Waals surface area (Å²) in [7, 11) is 1.92. The Kier molecular flexibility index (Phi) is 4.52. The van der Waals surface area contributed by atoms with Gasteiger partial charge >= 0.3 is 0 Å². The van der Waals surface area contributed by atoms with Crippen molar-refractivity contribution in [3.63, 3.8) is 0 Å². The van der Waals surface area contributed by atoms with Crippen LogP contribution in [-0.4, -0.2) is 21.2 Å². The molecule has 1 saturated heterocycles. The maximum Gasteiger partial charge on any atom is 0.159 e. The summed E-state index contributed by atoms with van der Waals surface area (Å²) >= 11 is 0. The topological polar surface area (TPSA) is 21.1 Å². The smallest absolute Gasteiger partial charge is 0.159 e. The Bertz CT molecular complexity index is 639. The van der Waals surface area contributed by atoms with Gasteiger partial charge in [-0.2, -0.15) is 5.10 Å². The first-order valence-electron chi connectivity index (χ1n) is 7.81. The fourth-order valence-electron chi connectivity index (χ4n) is 3.18. The largest absolute Gasteiger partial charge is 0.290 e. The van der Waals surface area contributed by atoms with Gasteiger partial charge < -0.3 is 0 Å². The van der Waals surface area contributed by atoms with Crippen molar-refractivity contribution >= 4 is 0 Å². The van der Waals surface area contributed by atoms with Crippen LogP contribution in [0.1, 0.15) is 43.0 Å². The number of rotatable bonds is 3. The predicted molar refractivity (Wildman–Crippen MR) is 81.2 cm³/mol. The van der Waals surface area contributed by atoms with E-state index in [1.165, 1.54) is 25.0 Å². The minimum absolute atomic E-state index is 0.247. The summed E-state index contributed by atoms with van der Waals surface area (Å²) in [5, 5.41) is 4.54. The number of nitrogens with zero attached hydrogens (tertiary/aromatic N) is 3. The number of likely N-dealkylation sites (tertiary alicyclic amines) is 1. The molecule has 3 rings (SSSR count). The lowest BCUT2D eigenvalue weighted by Crippen LogP contribution is -2.28. The van der Waals surface area contributed by atoms with Crippen LogP contribution in [0, 0.1) is 11.6 Å². The second-order valence-electron chi connectivity index (χ2n) is 6.00. The molecule has 22 heavy (non-hydrogen) atoms. The molecule has 1 aromatic carbocycles. The lowest BCUT2D eigenvalue weighted by atomic mass is 10.1. The number of aromatic nitrogens is 2. The zero-order chi connectivity index (χ0) is 15.5. The molecule has 0 amide bonds. The molecule has 0 aliphatic carbocycles. The Labute approximate surface area is 129 Å². The van der Waals surface area contributed by atoms with Crippen LogP contribution < -0.4 is 0 Å². The Balaban J connectivity index is 1.82. The molecule has 118 valence electrons. The summed E-state index contributed by atoms with van der Waals surface area (Å²) in [4.78, 5) is 2.34. The maximum atomic E-state index is 13.4. The van der Waals surface area contributed by atoms with Crippen molar-refractivity contribution in [2.75, 3.05) is 6.54 Å². The molecule has 2 heterocycles. The molecule has 0 unspecified atom stereocenters.